The van der Waals surface area contributed by atoms with Crippen LogP contribution in [0.4, 0.5) is 5.69 Å². The highest BCUT2D eigenvalue weighted by Crippen LogP contribution is 2.30. The Morgan fingerprint density at radius 3 is 2.67 bits per heavy atom. The highest BCUT2D eigenvalue weighted by atomic mass is 35.5. The quantitative estimate of drug-likeness (QED) is 0.561. The van der Waals surface area contributed by atoms with Crippen LogP contribution >= 0.6 is 23.8 Å². The first-order chi connectivity index (χ1) is 11.5. The Morgan fingerprint density at radius 1 is 1.12 bits per heavy atom. The molecular weight excluding hydrogens is 352 g/mol. The van der Waals surface area contributed by atoms with Gasteiger partial charge < -0.3 is 19.9 Å². The number of thiocarbonyl (C=S) groups is 1. The van der Waals surface area contributed by atoms with Crippen molar-refractivity contribution < 1.29 is 19.4 Å². The van der Waals surface area contributed by atoms with Crippen molar-refractivity contribution in [3.05, 3.63) is 47.0 Å². The molecule has 0 atom stereocenters. The normalized spacial score (nSPS) is 12.4. The predicted octanol–water partition coefficient (Wildman–Crippen LogP) is 2.94. The van der Waals surface area contributed by atoms with Gasteiger partial charge in [0, 0.05) is 10.6 Å². The van der Waals surface area contributed by atoms with E-state index in [0.29, 0.717) is 41.0 Å². The van der Waals surface area contributed by atoms with Crippen LogP contribution in [0.25, 0.3) is 0 Å². The van der Waals surface area contributed by atoms with Crippen molar-refractivity contribution in [2.24, 2.45) is 0 Å². The molecule has 1 amide bonds. The standard InChI is InChI=1S/C16H13ClN2O4S/c17-10-2-3-12(20)11(8-10)18-16(24)19-15(21)9-1-4-13-14(7-9)23-6-5-22-13/h1-4,7-8,20H,5-6H2,(H2,18,19,21,24). The molecule has 1 heterocycles. The average molecular weight is 365 g/mol. The Bertz CT molecular complexity index is 813. The summed E-state index contributed by atoms with van der Waals surface area (Å²) in [6.45, 7) is 0.918. The third-order valence-electron chi connectivity index (χ3n) is 3.24. The molecule has 0 fully saturated rings. The molecule has 8 heteroatoms. The zero-order valence-electron chi connectivity index (χ0n) is 12.3. The van der Waals surface area contributed by atoms with Gasteiger partial charge in [-0.1, -0.05) is 11.6 Å². The van der Waals surface area contributed by atoms with Crippen molar-refractivity contribution in [1.29, 1.82) is 0 Å². The Labute approximate surface area is 148 Å². The van der Waals surface area contributed by atoms with Crippen molar-refractivity contribution in [3.8, 4) is 17.2 Å². The molecule has 0 radical (unpaired) electrons. The van der Waals surface area contributed by atoms with E-state index in [1.807, 2.05) is 0 Å². The first-order valence-electron chi connectivity index (χ1n) is 7.03. The molecule has 24 heavy (non-hydrogen) atoms. The maximum absolute atomic E-state index is 12.3. The first kappa shape index (κ1) is 16.4. The molecular formula is C16H13ClN2O4S. The summed E-state index contributed by atoms with van der Waals surface area (Å²) in [6.07, 6.45) is 0. The van der Waals surface area contributed by atoms with Gasteiger partial charge in [-0.05, 0) is 48.6 Å². The number of benzene rings is 2. The minimum Gasteiger partial charge on any atom is -0.506 e. The summed E-state index contributed by atoms with van der Waals surface area (Å²) in [5.41, 5.74) is 0.675. The molecule has 0 aliphatic carbocycles. The van der Waals surface area contributed by atoms with E-state index >= 15 is 0 Å². The van der Waals surface area contributed by atoms with Gasteiger partial charge in [0.25, 0.3) is 5.91 Å². The molecule has 6 nitrogen and oxygen atoms in total. The van der Waals surface area contributed by atoms with Crippen molar-refractivity contribution in [3.63, 3.8) is 0 Å². The lowest BCUT2D eigenvalue weighted by Crippen LogP contribution is -2.34. The van der Waals surface area contributed by atoms with Crippen LogP contribution in [0.5, 0.6) is 17.2 Å². The maximum Gasteiger partial charge on any atom is 0.257 e. The Kier molecular flexibility index (Phi) is 4.73. The maximum atomic E-state index is 12.3. The predicted molar refractivity (Wildman–Crippen MR) is 94.2 cm³/mol. The highest BCUT2D eigenvalue weighted by molar-refractivity contribution is 7.80. The van der Waals surface area contributed by atoms with Gasteiger partial charge in [0.15, 0.2) is 16.6 Å². The third kappa shape index (κ3) is 3.69. The van der Waals surface area contributed by atoms with Crippen molar-refractivity contribution in [1.82, 2.24) is 5.32 Å². The van der Waals surface area contributed by atoms with E-state index in [-0.39, 0.29) is 10.9 Å². The number of carbonyl (C=O) groups excluding carboxylic acids is 1. The summed E-state index contributed by atoms with van der Waals surface area (Å²) < 4.78 is 10.9. The molecule has 1 aliphatic rings. The van der Waals surface area contributed by atoms with E-state index in [1.165, 1.54) is 12.1 Å². The number of ether oxygens (including phenoxy) is 2. The van der Waals surface area contributed by atoms with Crippen LogP contribution in [-0.4, -0.2) is 29.3 Å². The van der Waals surface area contributed by atoms with E-state index in [2.05, 4.69) is 10.6 Å². The fraction of sp³-hybridized carbons (Fsp3) is 0.125. The summed E-state index contributed by atoms with van der Waals surface area (Å²) in [4.78, 5) is 12.3. The number of carbonyl (C=O) groups is 1. The van der Waals surface area contributed by atoms with Crippen LogP contribution in [0.2, 0.25) is 5.02 Å². The zero-order valence-corrected chi connectivity index (χ0v) is 13.9. The summed E-state index contributed by atoms with van der Waals surface area (Å²) in [6, 6.07) is 9.34. The largest absolute Gasteiger partial charge is 0.506 e. The van der Waals surface area contributed by atoms with E-state index in [0.717, 1.165) is 0 Å². The number of aromatic hydroxyl groups is 1. The number of amides is 1. The number of fused-ring (bicyclic) bond motifs is 1. The number of rotatable bonds is 2. The SMILES string of the molecule is O=C(NC(=S)Nc1cc(Cl)ccc1O)c1ccc2c(c1)OCCO2. The molecule has 2 aromatic carbocycles. The van der Waals surface area contributed by atoms with Gasteiger partial charge in [-0.15, -0.1) is 0 Å². The van der Waals surface area contributed by atoms with Crippen molar-refractivity contribution in [2.45, 2.75) is 0 Å². The van der Waals surface area contributed by atoms with E-state index < -0.39 is 5.91 Å². The van der Waals surface area contributed by atoms with Gasteiger partial charge in [-0.25, -0.2) is 0 Å². The van der Waals surface area contributed by atoms with E-state index in [1.54, 1.807) is 24.3 Å². The van der Waals surface area contributed by atoms with Gasteiger partial charge >= 0.3 is 0 Å². The molecule has 0 spiro atoms. The summed E-state index contributed by atoms with van der Waals surface area (Å²) in [7, 11) is 0. The zero-order chi connectivity index (χ0) is 17.1. The number of phenolic OH excluding ortho intramolecular Hbond substituents is 1. The second kappa shape index (κ2) is 6.94. The smallest absolute Gasteiger partial charge is 0.257 e. The molecule has 124 valence electrons. The summed E-state index contributed by atoms with van der Waals surface area (Å²) >= 11 is 10.9. The van der Waals surface area contributed by atoms with Crippen LogP contribution in [-0.2, 0) is 0 Å². The topological polar surface area (TPSA) is 79.8 Å². The molecule has 0 bridgehead atoms. The first-order valence-corrected chi connectivity index (χ1v) is 7.82. The highest BCUT2D eigenvalue weighted by Gasteiger charge is 2.16. The fourth-order valence-corrected chi connectivity index (χ4v) is 2.50. The van der Waals surface area contributed by atoms with Crippen LogP contribution in [0, 0.1) is 0 Å². The van der Waals surface area contributed by atoms with Crippen LogP contribution < -0.4 is 20.1 Å². The number of hydrogen-bond acceptors (Lipinski definition) is 5. The molecule has 2 aromatic rings. The lowest BCUT2D eigenvalue weighted by molar-refractivity contribution is 0.0976. The van der Waals surface area contributed by atoms with Gasteiger partial charge in [0.1, 0.15) is 19.0 Å². The Hall–Kier alpha value is -2.51. The Morgan fingerprint density at radius 2 is 1.88 bits per heavy atom. The Balaban J connectivity index is 1.68. The fourth-order valence-electron chi connectivity index (χ4n) is 2.12. The monoisotopic (exact) mass is 364 g/mol. The second-order valence-electron chi connectivity index (χ2n) is 4.93. The molecule has 0 saturated carbocycles. The number of nitrogens with one attached hydrogen (secondary N) is 2. The summed E-state index contributed by atoms with van der Waals surface area (Å²) in [5, 5.41) is 15.5. The molecule has 0 saturated heterocycles. The van der Waals surface area contributed by atoms with Gasteiger partial charge in [0.05, 0.1) is 5.69 Å². The second-order valence-corrected chi connectivity index (χ2v) is 5.77. The molecule has 3 N–H and O–H groups in total. The molecule has 1 aliphatic heterocycles. The van der Waals surface area contributed by atoms with E-state index in [4.69, 9.17) is 33.3 Å². The van der Waals surface area contributed by atoms with Gasteiger partial charge in [0.2, 0.25) is 0 Å². The molecule has 0 unspecified atom stereocenters. The number of halogens is 1. The number of hydrogen-bond donors (Lipinski definition) is 3. The number of phenols is 1. The minimum atomic E-state index is -0.411. The number of anilines is 1. The van der Waals surface area contributed by atoms with Crippen LogP contribution in [0.3, 0.4) is 0 Å². The summed E-state index contributed by atoms with van der Waals surface area (Å²) in [5.74, 6) is 0.670. The average Bonchev–Trinajstić information content (AvgIpc) is 2.57. The van der Waals surface area contributed by atoms with Crippen LogP contribution in [0.1, 0.15) is 10.4 Å². The molecule has 3 rings (SSSR count). The van der Waals surface area contributed by atoms with Gasteiger partial charge in [-0.2, -0.15) is 0 Å². The van der Waals surface area contributed by atoms with Crippen molar-refractivity contribution in [2.75, 3.05) is 18.5 Å². The lowest BCUT2D eigenvalue weighted by Gasteiger charge is -2.18. The van der Waals surface area contributed by atoms with Crippen molar-refractivity contribution >= 4 is 40.5 Å². The lowest BCUT2D eigenvalue weighted by atomic mass is 10.2. The minimum absolute atomic E-state index is 0.0321. The van der Waals surface area contributed by atoms with Gasteiger partial charge in [-0.3, -0.25) is 10.1 Å². The van der Waals surface area contributed by atoms with Crippen LogP contribution in [0.15, 0.2) is 36.4 Å². The third-order valence-corrected chi connectivity index (χ3v) is 3.68. The molecule has 0 aromatic heterocycles. The van der Waals surface area contributed by atoms with E-state index in [9.17, 15) is 9.90 Å².